The molecule has 29 heavy (non-hydrogen) atoms. The molecule has 1 fully saturated rings. The number of benzene rings is 2. The molecule has 1 aliphatic heterocycles. The highest BCUT2D eigenvalue weighted by molar-refractivity contribution is 9.10. The summed E-state index contributed by atoms with van der Waals surface area (Å²) in [6.45, 7) is 5.39. The van der Waals surface area contributed by atoms with Crippen molar-refractivity contribution in [2.75, 3.05) is 30.9 Å². The molecule has 0 unspecified atom stereocenters. The Morgan fingerprint density at radius 3 is 2.62 bits per heavy atom. The molecule has 2 aromatic carbocycles. The van der Waals surface area contributed by atoms with Gasteiger partial charge in [0.2, 0.25) is 0 Å². The van der Waals surface area contributed by atoms with Gasteiger partial charge in [0.05, 0.1) is 10.6 Å². The predicted octanol–water partition coefficient (Wildman–Crippen LogP) is 3.77. The van der Waals surface area contributed by atoms with Crippen LogP contribution in [-0.2, 0) is 10.0 Å². The summed E-state index contributed by atoms with van der Waals surface area (Å²) in [6.07, 6.45) is 3.69. The topological polar surface area (TPSA) is 78.5 Å². The van der Waals surface area contributed by atoms with Crippen molar-refractivity contribution in [3.05, 3.63) is 58.1 Å². The number of nitrogens with one attached hydrogen (secondary N) is 2. The average molecular weight is 480 g/mol. The lowest BCUT2D eigenvalue weighted by Gasteiger charge is -2.26. The number of likely N-dealkylation sites (tertiary alicyclic amines) is 1. The van der Waals surface area contributed by atoms with E-state index in [0.717, 1.165) is 25.2 Å². The number of nitrogens with zero attached hydrogens (tertiary/aromatic N) is 1. The molecule has 2 aromatic rings. The van der Waals surface area contributed by atoms with Crippen molar-refractivity contribution in [3.63, 3.8) is 0 Å². The van der Waals surface area contributed by atoms with Crippen LogP contribution in [0.15, 0.2) is 51.8 Å². The van der Waals surface area contributed by atoms with E-state index < -0.39 is 10.0 Å². The maximum atomic E-state index is 12.8. The van der Waals surface area contributed by atoms with Crippen LogP contribution in [0.25, 0.3) is 0 Å². The highest BCUT2D eigenvalue weighted by Crippen LogP contribution is 2.26. The van der Waals surface area contributed by atoms with Gasteiger partial charge in [-0.25, -0.2) is 8.42 Å². The van der Waals surface area contributed by atoms with Crippen LogP contribution >= 0.6 is 15.9 Å². The van der Waals surface area contributed by atoms with Crippen molar-refractivity contribution in [2.24, 2.45) is 0 Å². The van der Waals surface area contributed by atoms with Crippen LogP contribution in [0.5, 0.6) is 0 Å². The third kappa shape index (κ3) is 6.04. The number of amides is 1. The number of halogens is 1. The van der Waals surface area contributed by atoms with Gasteiger partial charge in [0.1, 0.15) is 0 Å². The van der Waals surface area contributed by atoms with Gasteiger partial charge in [-0.3, -0.25) is 9.52 Å². The summed E-state index contributed by atoms with van der Waals surface area (Å²) >= 11 is 3.36. The molecule has 0 bridgehead atoms. The van der Waals surface area contributed by atoms with E-state index in [-0.39, 0.29) is 10.8 Å². The second kappa shape index (κ2) is 9.73. The van der Waals surface area contributed by atoms with E-state index >= 15 is 0 Å². The first kappa shape index (κ1) is 21.8. The lowest BCUT2D eigenvalue weighted by molar-refractivity contribution is 0.0946. The van der Waals surface area contributed by atoms with Crippen molar-refractivity contribution in [3.8, 4) is 0 Å². The number of piperidine rings is 1. The summed E-state index contributed by atoms with van der Waals surface area (Å²) in [4.78, 5) is 14.9. The molecule has 0 aliphatic carbocycles. The van der Waals surface area contributed by atoms with Crippen LogP contribution < -0.4 is 10.0 Å². The van der Waals surface area contributed by atoms with Gasteiger partial charge in [0.15, 0.2) is 0 Å². The van der Waals surface area contributed by atoms with E-state index in [9.17, 15) is 13.2 Å². The molecule has 8 heteroatoms. The molecular weight excluding hydrogens is 454 g/mol. The van der Waals surface area contributed by atoms with E-state index in [2.05, 4.69) is 30.9 Å². The zero-order valence-corrected chi connectivity index (χ0v) is 18.9. The van der Waals surface area contributed by atoms with Crippen molar-refractivity contribution < 1.29 is 13.2 Å². The standard InChI is InChI=1S/C21H26BrN3O3S/c1-16-8-9-19(22)20(14-16)24-29(27,28)18-7-5-6-17(15-18)21(26)23-10-13-25-11-3-2-4-12-25/h5-9,14-15,24H,2-4,10-13H2,1H3,(H,23,26). The van der Waals surface area contributed by atoms with Gasteiger partial charge in [-0.05, 0) is 84.7 Å². The molecule has 0 saturated carbocycles. The maximum absolute atomic E-state index is 12.8. The summed E-state index contributed by atoms with van der Waals surface area (Å²) in [6, 6.07) is 11.5. The Kier molecular flexibility index (Phi) is 7.32. The molecule has 0 atom stereocenters. The van der Waals surface area contributed by atoms with E-state index in [1.165, 1.54) is 31.4 Å². The summed E-state index contributed by atoms with van der Waals surface area (Å²) in [5.41, 5.74) is 1.73. The van der Waals surface area contributed by atoms with E-state index in [1.807, 2.05) is 13.0 Å². The first-order chi connectivity index (χ1) is 13.8. The molecule has 1 heterocycles. The van der Waals surface area contributed by atoms with Crippen LogP contribution in [0.3, 0.4) is 0 Å². The molecule has 6 nitrogen and oxygen atoms in total. The molecule has 1 saturated heterocycles. The number of aryl methyl sites for hydroxylation is 1. The lowest BCUT2D eigenvalue weighted by Crippen LogP contribution is -2.37. The minimum Gasteiger partial charge on any atom is -0.351 e. The van der Waals surface area contributed by atoms with Crippen LogP contribution in [0.2, 0.25) is 0 Å². The highest BCUT2D eigenvalue weighted by atomic mass is 79.9. The Morgan fingerprint density at radius 2 is 1.86 bits per heavy atom. The van der Waals surface area contributed by atoms with E-state index in [4.69, 9.17) is 0 Å². The SMILES string of the molecule is Cc1ccc(Br)c(NS(=O)(=O)c2cccc(C(=O)NCCN3CCCCC3)c2)c1. The van der Waals surface area contributed by atoms with Gasteiger partial charge in [0, 0.05) is 23.1 Å². The zero-order valence-electron chi connectivity index (χ0n) is 16.4. The molecule has 0 aromatic heterocycles. The molecular formula is C21H26BrN3O3S. The first-order valence-electron chi connectivity index (χ1n) is 9.75. The van der Waals surface area contributed by atoms with Crippen molar-refractivity contribution >= 4 is 37.5 Å². The maximum Gasteiger partial charge on any atom is 0.261 e. The van der Waals surface area contributed by atoms with Crippen LogP contribution in [0.4, 0.5) is 5.69 Å². The number of hydrogen-bond donors (Lipinski definition) is 2. The van der Waals surface area contributed by atoms with Gasteiger partial charge in [-0.15, -0.1) is 0 Å². The highest BCUT2D eigenvalue weighted by Gasteiger charge is 2.18. The fraction of sp³-hybridized carbons (Fsp3) is 0.381. The lowest BCUT2D eigenvalue weighted by atomic mass is 10.1. The Labute approximate surface area is 180 Å². The Morgan fingerprint density at radius 1 is 1.10 bits per heavy atom. The molecule has 2 N–H and O–H groups in total. The van der Waals surface area contributed by atoms with Crippen molar-refractivity contribution in [1.82, 2.24) is 10.2 Å². The number of sulfonamides is 1. The van der Waals surface area contributed by atoms with Crippen molar-refractivity contribution in [2.45, 2.75) is 31.1 Å². The molecule has 3 rings (SSSR count). The zero-order chi connectivity index (χ0) is 20.9. The van der Waals surface area contributed by atoms with Crippen LogP contribution in [0.1, 0.15) is 35.2 Å². The molecule has 0 spiro atoms. The smallest absolute Gasteiger partial charge is 0.261 e. The summed E-state index contributed by atoms with van der Waals surface area (Å²) in [5.74, 6) is -0.268. The normalized spacial score (nSPS) is 15.1. The van der Waals surface area contributed by atoms with Gasteiger partial charge >= 0.3 is 0 Å². The molecule has 1 aliphatic rings. The van der Waals surface area contributed by atoms with Gasteiger partial charge in [-0.1, -0.05) is 18.6 Å². The number of carbonyl (C=O) groups is 1. The quantitative estimate of drug-likeness (QED) is 0.633. The summed E-state index contributed by atoms with van der Waals surface area (Å²) in [5, 5.41) is 2.89. The minimum absolute atomic E-state index is 0.0505. The number of anilines is 1. The monoisotopic (exact) mass is 479 g/mol. The molecule has 1 amide bonds. The molecule has 0 radical (unpaired) electrons. The average Bonchev–Trinajstić information content (AvgIpc) is 2.71. The third-order valence-electron chi connectivity index (χ3n) is 4.93. The predicted molar refractivity (Wildman–Crippen MR) is 119 cm³/mol. The third-order valence-corrected chi connectivity index (χ3v) is 6.99. The second-order valence-corrected chi connectivity index (χ2v) is 9.81. The second-order valence-electron chi connectivity index (χ2n) is 7.27. The Bertz CT molecular complexity index is 973. The summed E-state index contributed by atoms with van der Waals surface area (Å²) < 4.78 is 28.8. The number of carbonyl (C=O) groups excluding carboxylic acids is 1. The van der Waals surface area contributed by atoms with Gasteiger partial charge in [-0.2, -0.15) is 0 Å². The van der Waals surface area contributed by atoms with Crippen molar-refractivity contribution in [1.29, 1.82) is 0 Å². The van der Waals surface area contributed by atoms with Gasteiger partial charge in [0.25, 0.3) is 15.9 Å². The number of rotatable bonds is 7. The van der Waals surface area contributed by atoms with E-state index in [0.29, 0.717) is 22.3 Å². The Balaban J connectivity index is 1.65. The van der Waals surface area contributed by atoms with Crippen LogP contribution in [0, 0.1) is 6.92 Å². The fourth-order valence-electron chi connectivity index (χ4n) is 3.34. The first-order valence-corrected chi connectivity index (χ1v) is 12.0. The summed E-state index contributed by atoms with van der Waals surface area (Å²) in [7, 11) is -3.81. The fourth-order valence-corrected chi connectivity index (χ4v) is 4.93. The number of hydrogen-bond acceptors (Lipinski definition) is 4. The van der Waals surface area contributed by atoms with E-state index in [1.54, 1.807) is 24.3 Å². The van der Waals surface area contributed by atoms with Crippen LogP contribution in [-0.4, -0.2) is 45.4 Å². The molecule has 156 valence electrons. The Hall–Kier alpha value is -1.90. The van der Waals surface area contributed by atoms with Gasteiger partial charge < -0.3 is 10.2 Å². The largest absolute Gasteiger partial charge is 0.351 e. The minimum atomic E-state index is -3.81.